The Morgan fingerprint density at radius 2 is 2.35 bits per heavy atom. The average Bonchev–Trinajstić information content (AvgIpc) is 2.87. The molecule has 106 valence electrons. The van der Waals surface area contributed by atoms with Crippen molar-refractivity contribution in [1.82, 2.24) is 9.97 Å². The van der Waals surface area contributed by atoms with Gasteiger partial charge in [0.1, 0.15) is 5.65 Å². The number of hydrogen-bond acceptors (Lipinski definition) is 3. The second kappa shape index (κ2) is 5.15. The molecule has 1 amide bonds. The van der Waals surface area contributed by atoms with Gasteiger partial charge in [-0.2, -0.15) is 0 Å². The van der Waals surface area contributed by atoms with Gasteiger partial charge in [0.2, 0.25) is 0 Å². The van der Waals surface area contributed by atoms with Crippen LogP contribution >= 0.6 is 0 Å². The number of nitrogens with zero attached hydrogens (tertiary/aromatic N) is 1. The third-order valence-corrected chi connectivity index (χ3v) is 4.14. The summed E-state index contributed by atoms with van der Waals surface area (Å²) in [7, 11) is 0. The van der Waals surface area contributed by atoms with Gasteiger partial charge in [-0.3, -0.25) is 4.79 Å². The number of anilines is 1. The molecule has 2 unspecified atom stereocenters. The van der Waals surface area contributed by atoms with Crippen LogP contribution in [0.15, 0.2) is 18.5 Å². The Bertz CT molecular complexity index is 634. The number of nitrogens with two attached hydrogens (primary N) is 1. The van der Waals surface area contributed by atoms with Gasteiger partial charge in [-0.1, -0.05) is 19.8 Å². The molecule has 3 rings (SSSR count). The SMILES string of the molecule is CC1CCCC(Nc2c(C(N)=O)cnc3[nH]ccc23)C1. The van der Waals surface area contributed by atoms with E-state index in [0.29, 0.717) is 11.6 Å². The smallest absolute Gasteiger partial charge is 0.252 e. The second-order valence-corrected chi connectivity index (χ2v) is 5.76. The fraction of sp³-hybridized carbons (Fsp3) is 0.467. The molecule has 2 atom stereocenters. The van der Waals surface area contributed by atoms with Crippen molar-refractivity contribution in [2.24, 2.45) is 11.7 Å². The van der Waals surface area contributed by atoms with Crippen molar-refractivity contribution < 1.29 is 4.79 Å². The molecule has 2 aromatic rings. The Hall–Kier alpha value is -2.04. The average molecular weight is 272 g/mol. The molecule has 1 saturated carbocycles. The Morgan fingerprint density at radius 1 is 1.50 bits per heavy atom. The van der Waals surface area contributed by atoms with Gasteiger partial charge in [0.05, 0.1) is 11.3 Å². The molecule has 0 bridgehead atoms. The molecule has 2 aromatic heterocycles. The summed E-state index contributed by atoms with van der Waals surface area (Å²) in [5.74, 6) is 0.286. The molecule has 5 nitrogen and oxygen atoms in total. The number of aromatic amines is 1. The number of fused-ring (bicyclic) bond motifs is 1. The van der Waals surface area contributed by atoms with E-state index in [1.54, 1.807) is 6.20 Å². The van der Waals surface area contributed by atoms with E-state index in [0.717, 1.165) is 35.5 Å². The molecular weight excluding hydrogens is 252 g/mol. The van der Waals surface area contributed by atoms with Crippen molar-refractivity contribution >= 4 is 22.6 Å². The lowest BCUT2D eigenvalue weighted by molar-refractivity contribution is 0.100. The van der Waals surface area contributed by atoms with E-state index in [1.807, 2.05) is 12.3 Å². The first kappa shape index (κ1) is 13.0. The highest BCUT2D eigenvalue weighted by molar-refractivity contribution is 6.05. The van der Waals surface area contributed by atoms with Crippen LogP contribution in [-0.4, -0.2) is 21.9 Å². The summed E-state index contributed by atoms with van der Waals surface area (Å²) in [6, 6.07) is 2.33. The zero-order valence-corrected chi connectivity index (χ0v) is 11.6. The van der Waals surface area contributed by atoms with Gasteiger partial charge in [-0.25, -0.2) is 4.98 Å². The topological polar surface area (TPSA) is 83.8 Å². The first-order valence-electron chi connectivity index (χ1n) is 7.17. The minimum absolute atomic E-state index is 0.400. The number of carbonyl (C=O) groups is 1. The number of H-pyrrole nitrogens is 1. The zero-order chi connectivity index (χ0) is 14.1. The normalized spacial score (nSPS) is 22.9. The molecule has 1 fully saturated rings. The minimum Gasteiger partial charge on any atom is -0.381 e. The Labute approximate surface area is 118 Å². The number of carbonyl (C=O) groups excluding carboxylic acids is 1. The highest BCUT2D eigenvalue weighted by Gasteiger charge is 2.22. The Morgan fingerprint density at radius 3 is 3.10 bits per heavy atom. The van der Waals surface area contributed by atoms with Gasteiger partial charge in [0.15, 0.2) is 0 Å². The summed E-state index contributed by atoms with van der Waals surface area (Å²) in [6.07, 6.45) is 8.17. The number of aromatic nitrogens is 2. The lowest BCUT2D eigenvalue weighted by Gasteiger charge is -2.29. The standard InChI is InChI=1S/C15H20N4O/c1-9-3-2-4-10(7-9)19-13-11-5-6-17-15(11)18-8-12(13)14(16)20/h5-6,8-10H,2-4,7H2,1H3,(H2,16,20)(H2,17,18,19). The highest BCUT2D eigenvalue weighted by Crippen LogP contribution is 2.30. The number of primary amides is 1. The van der Waals surface area contributed by atoms with Gasteiger partial charge >= 0.3 is 0 Å². The molecule has 1 aliphatic carbocycles. The van der Waals surface area contributed by atoms with Crippen molar-refractivity contribution in [1.29, 1.82) is 0 Å². The molecule has 20 heavy (non-hydrogen) atoms. The molecule has 4 N–H and O–H groups in total. The third-order valence-electron chi connectivity index (χ3n) is 4.14. The maximum Gasteiger partial charge on any atom is 0.252 e. The molecule has 5 heteroatoms. The summed E-state index contributed by atoms with van der Waals surface area (Å²) >= 11 is 0. The van der Waals surface area contributed by atoms with E-state index in [1.165, 1.54) is 12.8 Å². The number of hydrogen-bond donors (Lipinski definition) is 3. The number of rotatable bonds is 3. The molecule has 0 saturated heterocycles. The predicted octanol–water partition coefficient (Wildman–Crippen LogP) is 2.65. The van der Waals surface area contributed by atoms with Crippen LogP contribution in [-0.2, 0) is 0 Å². The number of amides is 1. The quantitative estimate of drug-likeness (QED) is 0.803. The van der Waals surface area contributed by atoms with Crippen LogP contribution in [0.5, 0.6) is 0 Å². The van der Waals surface area contributed by atoms with Crippen molar-refractivity contribution in [3.63, 3.8) is 0 Å². The monoisotopic (exact) mass is 272 g/mol. The summed E-state index contributed by atoms with van der Waals surface area (Å²) in [5.41, 5.74) is 7.55. The van der Waals surface area contributed by atoms with E-state index in [2.05, 4.69) is 22.2 Å². The summed E-state index contributed by atoms with van der Waals surface area (Å²) < 4.78 is 0. The zero-order valence-electron chi connectivity index (χ0n) is 11.6. The van der Waals surface area contributed by atoms with E-state index < -0.39 is 5.91 Å². The highest BCUT2D eigenvalue weighted by atomic mass is 16.1. The van der Waals surface area contributed by atoms with Crippen molar-refractivity contribution in [2.75, 3.05) is 5.32 Å². The van der Waals surface area contributed by atoms with Crippen LogP contribution < -0.4 is 11.1 Å². The molecule has 0 spiro atoms. The lowest BCUT2D eigenvalue weighted by atomic mass is 9.87. The van der Waals surface area contributed by atoms with Gasteiger partial charge < -0.3 is 16.0 Å². The first-order valence-corrected chi connectivity index (χ1v) is 7.17. The second-order valence-electron chi connectivity index (χ2n) is 5.76. The molecule has 0 aromatic carbocycles. The number of pyridine rings is 1. The fourth-order valence-corrected chi connectivity index (χ4v) is 3.12. The Balaban J connectivity index is 1.97. The van der Waals surface area contributed by atoms with Crippen molar-refractivity contribution in [3.8, 4) is 0 Å². The van der Waals surface area contributed by atoms with Gasteiger partial charge in [-0.05, 0) is 24.8 Å². The Kier molecular flexibility index (Phi) is 3.34. The molecule has 0 radical (unpaired) electrons. The minimum atomic E-state index is -0.438. The fourth-order valence-electron chi connectivity index (χ4n) is 3.12. The van der Waals surface area contributed by atoms with E-state index in [4.69, 9.17) is 5.73 Å². The lowest BCUT2D eigenvalue weighted by Crippen LogP contribution is -2.27. The van der Waals surface area contributed by atoms with Crippen LogP contribution in [0.4, 0.5) is 5.69 Å². The molecule has 0 aliphatic heterocycles. The molecule has 2 heterocycles. The van der Waals surface area contributed by atoms with Crippen LogP contribution in [0.3, 0.4) is 0 Å². The van der Waals surface area contributed by atoms with Gasteiger partial charge in [0.25, 0.3) is 5.91 Å². The van der Waals surface area contributed by atoms with Crippen LogP contribution in [0, 0.1) is 5.92 Å². The van der Waals surface area contributed by atoms with Crippen LogP contribution in [0.25, 0.3) is 11.0 Å². The van der Waals surface area contributed by atoms with Gasteiger partial charge in [0, 0.05) is 23.8 Å². The van der Waals surface area contributed by atoms with E-state index in [-0.39, 0.29) is 0 Å². The molecule has 1 aliphatic rings. The van der Waals surface area contributed by atoms with Crippen LogP contribution in [0.1, 0.15) is 43.0 Å². The largest absolute Gasteiger partial charge is 0.381 e. The maximum atomic E-state index is 11.6. The van der Waals surface area contributed by atoms with Gasteiger partial charge in [-0.15, -0.1) is 0 Å². The molecular formula is C15H20N4O. The van der Waals surface area contributed by atoms with E-state index >= 15 is 0 Å². The summed E-state index contributed by atoms with van der Waals surface area (Å²) in [6.45, 7) is 2.28. The van der Waals surface area contributed by atoms with E-state index in [9.17, 15) is 4.79 Å². The maximum absolute atomic E-state index is 11.6. The predicted molar refractivity (Wildman–Crippen MR) is 79.7 cm³/mol. The van der Waals surface area contributed by atoms with Crippen molar-refractivity contribution in [3.05, 3.63) is 24.0 Å². The van der Waals surface area contributed by atoms with Crippen molar-refractivity contribution in [2.45, 2.75) is 38.6 Å². The first-order chi connectivity index (χ1) is 9.65. The summed E-state index contributed by atoms with van der Waals surface area (Å²) in [5, 5.41) is 4.46. The third kappa shape index (κ3) is 2.35. The van der Waals surface area contributed by atoms with Crippen LogP contribution in [0.2, 0.25) is 0 Å². The summed E-state index contributed by atoms with van der Waals surface area (Å²) in [4.78, 5) is 18.9. The number of nitrogens with one attached hydrogen (secondary N) is 2.